The summed E-state index contributed by atoms with van der Waals surface area (Å²) in [5.41, 5.74) is 0.591. The van der Waals surface area contributed by atoms with E-state index in [9.17, 15) is 14.4 Å². The third-order valence-electron chi connectivity index (χ3n) is 2.10. The van der Waals surface area contributed by atoms with Crippen LogP contribution in [0, 0.1) is 11.3 Å². The second-order valence-electron chi connectivity index (χ2n) is 3.55. The average Bonchev–Trinajstić information content (AvgIpc) is 2.42. The van der Waals surface area contributed by atoms with E-state index in [4.69, 9.17) is 10.4 Å². The Balaban J connectivity index is 2.49. The van der Waals surface area contributed by atoms with Gasteiger partial charge in [-0.05, 0) is 18.2 Å². The number of hydrogen-bond donors (Lipinski definition) is 3. The Kier molecular flexibility index (Phi) is 5.04. The van der Waals surface area contributed by atoms with Gasteiger partial charge in [0.05, 0.1) is 18.2 Å². The van der Waals surface area contributed by atoms with Crippen LogP contribution in [0.3, 0.4) is 0 Å². The molecule has 0 aliphatic heterocycles. The molecular weight excluding hydrogens is 250 g/mol. The van der Waals surface area contributed by atoms with E-state index in [-0.39, 0.29) is 12.1 Å². The van der Waals surface area contributed by atoms with Crippen LogP contribution in [0.15, 0.2) is 24.3 Å². The lowest BCUT2D eigenvalue weighted by molar-refractivity contribution is -0.137. The molecule has 0 aromatic heterocycles. The number of carbonyl (C=O) groups excluding carboxylic acids is 2. The number of carboxylic acid groups (broad SMARTS) is 1. The summed E-state index contributed by atoms with van der Waals surface area (Å²) in [6, 6.07) is 7.90. The third kappa shape index (κ3) is 4.87. The molecule has 98 valence electrons. The van der Waals surface area contributed by atoms with Gasteiger partial charge in [-0.25, -0.2) is 0 Å². The molecule has 1 aromatic rings. The van der Waals surface area contributed by atoms with Crippen LogP contribution < -0.4 is 10.6 Å². The maximum absolute atomic E-state index is 11.6. The Bertz CT molecular complexity index is 548. The fourth-order valence-corrected chi connectivity index (χ4v) is 1.23. The molecule has 0 unspecified atom stereocenters. The smallest absolute Gasteiger partial charge is 0.322 e. The summed E-state index contributed by atoms with van der Waals surface area (Å²) in [5, 5.41) is 21.5. The van der Waals surface area contributed by atoms with E-state index in [1.54, 1.807) is 12.1 Å². The third-order valence-corrected chi connectivity index (χ3v) is 2.10. The van der Waals surface area contributed by atoms with Crippen LogP contribution in [0.1, 0.15) is 15.9 Å². The van der Waals surface area contributed by atoms with Gasteiger partial charge in [-0.15, -0.1) is 0 Å². The number of benzene rings is 1. The van der Waals surface area contributed by atoms with Crippen LogP contribution in [0.5, 0.6) is 0 Å². The SMILES string of the molecule is N#Cc1cccc(C(=O)NCC(=O)NCC(=O)O)c1. The average molecular weight is 261 g/mol. The van der Waals surface area contributed by atoms with Crippen molar-refractivity contribution in [1.29, 1.82) is 5.26 Å². The first-order valence-electron chi connectivity index (χ1n) is 5.30. The summed E-state index contributed by atoms with van der Waals surface area (Å²) >= 11 is 0. The summed E-state index contributed by atoms with van der Waals surface area (Å²) < 4.78 is 0. The number of nitriles is 1. The van der Waals surface area contributed by atoms with Crippen molar-refractivity contribution in [3.8, 4) is 6.07 Å². The summed E-state index contributed by atoms with van der Waals surface area (Å²) in [7, 11) is 0. The van der Waals surface area contributed by atoms with Gasteiger partial charge >= 0.3 is 5.97 Å². The van der Waals surface area contributed by atoms with E-state index in [1.165, 1.54) is 12.1 Å². The molecule has 3 N–H and O–H groups in total. The number of rotatable bonds is 5. The van der Waals surface area contributed by atoms with Crippen molar-refractivity contribution in [3.63, 3.8) is 0 Å². The van der Waals surface area contributed by atoms with Gasteiger partial charge in [0.2, 0.25) is 5.91 Å². The van der Waals surface area contributed by atoms with Crippen molar-refractivity contribution in [1.82, 2.24) is 10.6 Å². The molecule has 0 fully saturated rings. The number of amides is 2. The number of hydrogen-bond acceptors (Lipinski definition) is 4. The van der Waals surface area contributed by atoms with Gasteiger partial charge < -0.3 is 15.7 Å². The standard InChI is InChI=1S/C12H11N3O4/c13-5-8-2-1-3-9(4-8)12(19)15-6-10(16)14-7-11(17)18/h1-4H,6-7H2,(H,14,16)(H,15,19)(H,17,18). The van der Waals surface area contributed by atoms with Gasteiger partial charge in [0.25, 0.3) is 5.91 Å². The van der Waals surface area contributed by atoms with E-state index in [0.29, 0.717) is 5.56 Å². The van der Waals surface area contributed by atoms with Crippen molar-refractivity contribution in [2.45, 2.75) is 0 Å². The van der Waals surface area contributed by atoms with Crippen LogP contribution in [-0.2, 0) is 9.59 Å². The van der Waals surface area contributed by atoms with Crippen molar-refractivity contribution in [3.05, 3.63) is 35.4 Å². The van der Waals surface area contributed by atoms with Crippen molar-refractivity contribution >= 4 is 17.8 Å². The fraction of sp³-hybridized carbons (Fsp3) is 0.167. The molecule has 7 heteroatoms. The molecule has 19 heavy (non-hydrogen) atoms. The molecule has 1 rings (SSSR count). The Morgan fingerprint density at radius 2 is 1.95 bits per heavy atom. The van der Waals surface area contributed by atoms with Crippen LogP contribution in [0.25, 0.3) is 0 Å². The molecule has 0 bridgehead atoms. The van der Waals surface area contributed by atoms with Crippen molar-refractivity contribution in [2.75, 3.05) is 13.1 Å². The van der Waals surface area contributed by atoms with Gasteiger partial charge in [0.1, 0.15) is 6.54 Å². The topological polar surface area (TPSA) is 119 Å². The second-order valence-corrected chi connectivity index (χ2v) is 3.55. The monoisotopic (exact) mass is 261 g/mol. The molecule has 0 saturated heterocycles. The molecule has 0 aliphatic carbocycles. The first-order valence-corrected chi connectivity index (χ1v) is 5.30. The lowest BCUT2D eigenvalue weighted by Crippen LogP contribution is -2.39. The zero-order valence-electron chi connectivity index (χ0n) is 9.84. The minimum Gasteiger partial charge on any atom is -0.480 e. The predicted molar refractivity (Wildman–Crippen MR) is 64.1 cm³/mol. The lowest BCUT2D eigenvalue weighted by atomic mass is 10.1. The molecule has 0 aliphatic rings. The van der Waals surface area contributed by atoms with Gasteiger partial charge in [-0.2, -0.15) is 5.26 Å². The minimum absolute atomic E-state index is 0.255. The maximum atomic E-state index is 11.6. The number of nitrogens with one attached hydrogen (secondary N) is 2. The number of aliphatic carboxylic acids is 1. The summed E-state index contributed by atoms with van der Waals surface area (Å²) in [6.45, 7) is -0.832. The van der Waals surface area contributed by atoms with Gasteiger partial charge in [-0.1, -0.05) is 6.07 Å². The normalized spacial score (nSPS) is 9.21. The molecule has 0 atom stereocenters. The van der Waals surface area contributed by atoms with Crippen LogP contribution in [0.2, 0.25) is 0 Å². The quantitative estimate of drug-likeness (QED) is 0.659. The van der Waals surface area contributed by atoms with Crippen LogP contribution in [-0.4, -0.2) is 36.0 Å². The first kappa shape index (κ1) is 14.2. The van der Waals surface area contributed by atoms with Crippen molar-refractivity contribution < 1.29 is 19.5 Å². The second kappa shape index (κ2) is 6.76. The van der Waals surface area contributed by atoms with Gasteiger partial charge in [0, 0.05) is 5.56 Å². The maximum Gasteiger partial charge on any atom is 0.322 e. The highest BCUT2D eigenvalue weighted by atomic mass is 16.4. The largest absolute Gasteiger partial charge is 0.480 e. The Morgan fingerprint density at radius 1 is 1.21 bits per heavy atom. The Morgan fingerprint density at radius 3 is 2.58 bits per heavy atom. The lowest BCUT2D eigenvalue weighted by Gasteiger charge is -2.05. The number of nitrogens with zero attached hydrogens (tertiary/aromatic N) is 1. The van der Waals surface area contributed by atoms with Crippen LogP contribution in [0.4, 0.5) is 0 Å². The van der Waals surface area contributed by atoms with E-state index >= 15 is 0 Å². The van der Waals surface area contributed by atoms with E-state index in [0.717, 1.165) is 0 Å². The number of carboxylic acids is 1. The summed E-state index contributed by atoms with van der Waals surface area (Å²) in [5.74, 6) is -2.28. The van der Waals surface area contributed by atoms with Gasteiger partial charge in [-0.3, -0.25) is 14.4 Å². The molecular formula is C12H11N3O4. The zero-order valence-corrected chi connectivity index (χ0v) is 9.84. The fourth-order valence-electron chi connectivity index (χ4n) is 1.23. The highest BCUT2D eigenvalue weighted by Gasteiger charge is 2.09. The minimum atomic E-state index is -1.17. The first-order chi connectivity index (χ1) is 9.02. The highest BCUT2D eigenvalue weighted by Crippen LogP contribution is 2.03. The molecule has 0 heterocycles. The van der Waals surface area contributed by atoms with Crippen LogP contribution >= 0.6 is 0 Å². The molecule has 7 nitrogen and oxygen atoms in total. The molecule has 0 spiro atoms. The highest BCUT2D eigenvalue weighted by molar-refractivity contribution is 5.96. The molecule has 0 saturated carbocycles. The number of carbonyl (C=O) groups is 3. The Hall–Kier alpha value is -2.88. The molecule has 2 amide bonds. The van der Waals surface area contributed by atoms with Gasteiger partial charge in [0.15, 0.2) is 0 Å². The van der Waals surface area contributed by atoms with Crippen molar-refractivity contribution in [2.24, 2.45) is 0 Å². The molecule has 1 aromatic carbocycles. The molecule has 0 radical (unpaired) electrons. The predicted octanol–water partition coefficient (Wildman–Crippen LogP) is -0.511. The Labute approximate surface area is 108 Å². The van der Waals surface area contributed by atoms with E-state index in [2.05, 4.69) is 10.6 Å². The van der Waals surface area contributed by atoms with E-state index in [1.807, 2.05) is 6.07 Å². The zero-order chi connectivity index (χ0) is 14.3. The van der Waals surface area contributed by atoms with E-state index < -0.39 is 24.3 Å². The summed E-state index contributed by atoms with van der Waals surface area (Å²) in [4.78, 5) is 33.0. The summed E-state index contributed by atoms with van der Waals surface area (Å²) in [6.07, 6.45) is 0.